The van der Waals surface area contributed by atoms with E-state index in [-0.39, 0.29) is 5.78 Å². The molecule has 1 aromatic carbocycles. The fraction of sp³-hybridized carbons (Fsp3) is 0.167. The number of H-pyrrole nitrogens is 1. The number of nitrogens with one attached hydrogen (secondary N) is 1. The van der Waals surface area contributed by atoms with Crippen molar-refractivity contribution >= 4 is 5.78 Å². The van der Waals surface area contributed by atoms with E-state index < -0.39 is 0 Å². The molecular weight excluding hydrogens is 188 g/mol. The number of aromatic nitrogens is 2. The Labute approximate surface area is 88.2 Å². The van der Waals surface area contributed by atoms with Crippen LogP contribution in [-0.2, 0) is 0 Å². The number of carbonyl (C=O) groups excluding carboxylic acids is 1. The third-order valence-corrected chi connectivity index (χ3v) is 2.27. The van der Waals surface area contributed by atoms with Gasteiger partial charge in [0.05, 0.1) is 0 Å². The predicted octanol–water partition coefficient (Wildman–Crippen LogP) is 2.59. The highest BCUT2D eigenvalue weighted by atomic mass is 16.1. The highest BCUT2D eigenvalue weighted by molar-refractivity contribution is 5.94. The van der Waals surface area contributed by atoms with E-state index in [0.717, 1.165) is 22.6 Å². The van der Waals surface area contributed by atoms with E-state index in [1.165, 1.54) is 0 Å². The number of aryl methyl sites for hydroxylation is 1. The summed E-state index contributed by atoms with van der Waals surface area (Å²) in [4.78, 5) is 18.4. The number of rotatable bonds is 2. The lowest BCUT2D eigenvalue weighted by atomic mass is 10.1. The summed E-state index contributed by atoms with van der Waals surface area (Å²) in [6.45, 7) is 3.52. The monoisotopic (exact) mass is 200 g/mol. The van der Waals surface area contributed by atoms with Crippen LogP contribution in [-0.4, -0.2) is 15.8 Å². The van der Waals surface area contributed by atoms with Crippen LogP contribution in [0.1, 0.15) is 23.0 Å². The van der Waals surface area contributed by atoms with Crippen LogP contribution in [0.4, 0.5) is 0 Å². The summed E-state index contributed by atoms with van der Waals surface area (Å²) in [5.41, 5.74) is 2.75. The molecule has 2 rings (SSSR count). The third-order valence-electron chi connectivity index (χ3n) is 2.27. The number of benzene rings is 1. The lowest BCUT2D eigenvalue weighted by Crippen LogP contribution is -1.91. The van der Waals surface area contributed by atoms with Gasteiger partial charge in [-0.1, -0.05) is 24.3 Å². The second-order valence-electron chi connectivity index (χ2n) is 3.55. The average molecular weight is 200 g/mol. The molecule has 0 saturated heterocycles. The third kappa shape index (κ3) is 1.96. The maximum atomic E-state index is 11.1. The van der Waals surface area contributed by atoms with E-state index in [4.69, 9.17) is 0 Å². The van der Waals surface area contributed by atoms with Gasteiger partial charge in [0.25, 0.3) is 0 Å². The Balaban J connectivity index is 2.35. The summed E-state index contributed by atoms with van der Waals surface area (Å²) >= 11 is 0. The number of aromatic amines is 1. The zero-order chi connectivity index (χ0) is 10.8. The Morgan fingerprint density at radius 2 is 1.93 bits per heavy atom. The number of carbonyl (C=O) groups is 1. The van der Waals surface area contributed by atoms with Gasteiger partial charge in [-0.3, -0.25) is 4.79 Å². The molecule has 0 unspecified atom stereocenters. The molecule has 0 aliphatic carbocycles. The van der Waals surface area contributed by atoms with Gasteiger partial charge < -0.3 is 4.98 Å². The summed E-state index contributed by atoms with van der Waals surface area (Å²) < 4.78 is 0. The van der Waals surface area contributed by atoms with Gasteiger partial charge in [0.1, 0.15) is 5.82 Å². The summed E-state index contributed by atoms with van der Waals surface area (Å²) in [7, 11) is 0. The normalized spacial score (nSPS) is 10.3. The topological polar surface area (TPSA) is 45.8 Å². The number of hydrogen-bond acceptors (Lipinski definition) is 2. The average Bonchev–Trinajstić information content (AvgIpc) is 2.65. The zero-order valence-corrected chi connectivity index (χ0v) is 8.74. The van der Waals surface area contributed by atoms with Crippen LogP contribution in [0.15, 0.2) is 30.5 Å². The van der Waals surface area contributed by atoms with Crippen LogP contribution < -0.4 is 0 Å². The molecule has 15 heavy (non-hydrogen) atoms. The second kappa shape index (κ2) is 3.69. The fourth-order valence-electron chi connectivity index (χ4n) is 1.42. The van der Waals surface area contributed by atoms with Crippen molar-refractivity contribution in [2.45, 2.75) is 13.8 Å². The molecule has 0 saturated carbocycles. The van der Waals surface area contributed by atoms with E-state index in [1.54, 1.807) is 13.1 Å². The second-order valence-corrected chi connectivity index (χ2v) is 3.55. The van der Waals surface area contributed by atoms with Gasteiger partial charge in [-0.15, -0.1) is 0 Å². The molecule has 3 heteroatoms. The molecule has 0 aliphatic heterocycles. The van der Waals surface area contributed by atoms with Gasteiger partial charge in [-0.2, -0.15) is 0 Å². The van der Waals surface area contributed by atoms with Crippen LogP contribution in [0.5, 0.6) is 0 Å². The minimum absolute atomic E-state index is 0.0807. The molecule has 0 fully saturated rings. The standard InChI is InChI=1S/C12H12N2O/c1-8-7-13-12(14-8)11-5-3-10(4-6-11)9(2)15/h3-7H,1-2H3,(H,13,14). The Morgan fingerprint density at radius 3 is 2.40 bits per heavy atom. The zero-order valence-electron chi connectivity index (χ0n) is 8.74. The minimum atomic E-state index is 0.0807. The first-order valence-electron chi connectivity index (χ1n) is 4.80. The van der Waals surface area contributed by atoms with E-state index in [2.05, 4.69) is 9.97 Å². The van der Waals surface area contributed by atoms with Crippen molar-refractivity contribution in [2.75, 3.05) is 0 Å². The van der Waals surface area contributed by atoms with Crippen molar-refractivity contribution in [1.82, 2.24) is 9.97 Å². The van der Waals surface area contributed by atoms with Gasteiger partial charge in [0.15, 0.2) is 5.78 Å². The maximum Gasteiger partial charge on any atom is 0.159 e. The van der Waals surface area contributed by atoms with Crippen molar-refractivity contribution in [2.24, 2.45) is 0 Å². The molecule has 0 radical (unpaired) electrons. The molecular formula is C12H12N2O. The number of ketones is 1. The van der Waals surface area contributed by atoms with Gasteiger partial charge in [-0.25, -0.2) is 4.98 Å². The lowest BCUT2D eigenvalue weighted by molar-refractivity contribution is 0.101. The van der Waals surface area contributed by atoms with Crippen LogP contribution >= 0.6 is 0 Å². The Bertz CT molecular complexity index is 483. The van der Waals surface area contributed by atoms with Crippen molar-refractivity contribution in [3.63, 3.8) is 0 Å². The van der Waals surface area contributed by atoms with E-state index in [9.17, 15) is 4.79 Å². The number of hydrogen-bond donors (Lipinski definition) is 1. The molecule has 1 N–H and O–H groups in total. The molecule has 1 aromatic heterocycles. The first kappa shape index (κ1) is 9.65. The largest absolute Gasteiger partial charge is 0.342 e. The van der Waals surface area contributed by atoms with E-state index in [1.807, 2.05) is 31.2 Å². The molecule has 2 aromatic rings. The van der Waals surface area contributed by atoms with Crippen molar-refractivity contribution < 1.29 is 4.79 Å². The summed E-state index contributed by atoms with van der Waals surface area (Å²) in [5, 5.41) is 0. The quantitative estimate of drug-likeness (QED) is 0.757. The van der Waals surface area contributed by atoms with Crippen molar-refractivity contribution in [3.05, 3.63) is 41.7 Å². The van der Waals surface area contributed by atoms with Gasteiger partial charge in [0.2, 0.25) is 0 Å². The summed E-state index contributed by atoms with van der Waals surface area (Å²) in [6, 6.07) is 7.43. The highest BCUT2D eigenvalue weighted by Crippen LogP contribution is 2.16. The van der Waals surface area contributed by atoms with Crippen LogP contribution in [0, 0.1) is 6.92 Å². The van der Waals surface area contributed by atoms with Crippen molar-refractivity contribution in [3.8, 4) is 11.4 Å². The van der Waals surface area contributed by atoms with Gasteiger partial charge in [-0.05, 0) is 13.8 Å². The van der Waals surface area contributed by atoms with Crippen LogP contribution in [0.25, 0.3) is 11.4 Å². The lowest BCUT2D eigenvalue weighted by Gasteiger charge is -1.98. The number of nitrogens with zero attached hydrogens (tertiary/aromatic N) is 1. The van der Waals surface area contributed by atoms with Crippen LogP contribution in [0.3, 0.4) is 0 Å². The molecule has 3 nitrogen and oxygen atoms in total. The molecule has 0 aliphatic rings. The van der Waals surface area contributed by atoms with Gasteiger partial charge >= 0.3 is 0 Å². The Hall–Kier alpha value is -1.90. The number of imidazole rings is 1. The van der Waals surface area contributed by atoms with Crippen LogP contribution in [0.2, 0.25) is 0 Å². The smallest absolute Gasteiger partial charge is 0.159 e. The Morgan fingerprint density at radius 1 is 1.27 bits per heavy atom. The molecule has 0 amide bonds. The van der Waals surface area contributed by atoms with Gasteiger partial charge in [0, 0.05) is 23.0 Å². The molecule has 0 bridgehead atoms. The number of Topliss-reactive ketones (excluding diaryl/α,β-unsaturated/α-hetero) is 1. The fourth-order valence-corrected chi connectivity index (χ4v) is 1.42. The summed E-state index contributed by atoms with van der Waals surface area (Å²) in [6.07, 6.45) is 1.79. The minimum Gasteiger partial charge on any atom is -0.342 e. The molecule has 76 valence electrons. The molecule has 0 spiro atoms. The van der Waals surface area contributed by atoms with Crippen molar-refractivity contribution in [1.29, 1.82) is 0 Å². The van der Waals surface area contributed by atoms with E-state index in [0.29, 0.717) is 0 Å². The van der Waals surface area contributed by atoms with E-state index >= 15 is 0 Å². The maximum absolute atomic E-state index is 11.1. The Kier molecular flexibility index (Phi) is 2.37. The summed E-state index contributed by atoms with van der Waals surface area (Å²) in [5.74, 6) is 0.916. The first-order chi connectivity index (χ1) is 7.16. The SMILES string of the molecule is CC(=O)c1ccc(-c2ncc(C)[nH]2)cc1. The first-order valence-corrected chi connectivity index (χ1v) is 4.80. The predicted molar refractivity (Wildman–Crippen MR) is 58.8 cm³/mol. The molecule has 1 heterocycles. The molecule has 0 atom stereocenters. The highest BCUT2D eigenvalue weighted by Gasteiger charge is 2.03.